The van der Waals surface area contributed by atoms with Crippen molar-refractivity contribution in [3.05, 3.63) is 78.1 Å². The smallest absolute Gasteiger partial charge is 0.248 e. The summed E-state index contributed by atoms with van der Waals surface area (Å²) in [4.78, 5) is 17.5. The summed E-state index contributed by atoms with van der Waals surface area (Å²) in [6, 6.07) is 15.7. The predicted molar refractivity (Wildman–Crippen MR) is 103 cm³/mol. The first-order valence-electron chi connectivity index (χ1n) is 7.92. The lowest BCUT2D eigenvalue weighted by atomic mass is 10.1. The summed E-state index contributed by atoms with van der Waals surface area (Å²) in [6.07, 6.45) is 7.01. The van der Waals surface area contributed by atoms with E-state index in [4.69, 9.17) is 0 Å². The number of nitrogens with zero attached hydrogens (tertiary/aromatic N) is 2. The van der Waals surface area contributed by atoms with Crippen LogP contribution in [-0.2, 0) is 11.8 Å². The highest BCUT2D eigenvalue weighted by atomic mass is 32.2. The van der Waals surface area contributed by atoms with E-state index < -0.39 is 0 Å². The third-order valence-electron chi connectivity index (χ3n) is 3.63. The van der Waals surface area contributed by atoms with Gasteiger partial charge in [-0.2, -0.15) is 0 Å². The van der Waals surface area contributed by atoms with Gasteiger partial charge in [-0.15, -0.1) is 0 Å². The molecule has 1 N–H and O–H groups in total. The van der Waals surface area contributed by atoms with Crippen molar-refractivity contribution in [2.45, 2.75) is 17.0 Å². The van der Waals surface area contributed by atoms with Crippen LogP contribution in [0.4, 0.5) is 5.69 Å². The van der Waals surface area contributed by atoms with E-state index in [1.54, 1.807) is 12.3 Å². The van der Waals surface area contributed by atoms with Gasteiger partial charge < -0.3 is 9.88 Å². The third kappa shape index (κ3) is 4.61. The van der Waals surface area contributed by atoms with Crippen molar-refractivity contribution in [3.63, 3.8) is 0 Å². The standard InChI is InChI=1S/C20H19N3OS/c1-15-7-9-16(10-8-15)11-12-19(24)22-17-5-3-4-6-18(17)25-20-21-13-14-23(20)2/h3-14H,1-2H3,(H,22,24)/b12-11+. The molecule has 3 aromatic rings. The number of amides is 1. The van der Waals surface area contributed by atoms with Crippen molar-refractivity contribution in [1.29, 1.82) is 0 Å². The molecule has 2 aromatic carbocycles. The lowest BCUT2D eigenvalue weighted by Crippen LogP contribution is -2.08. The number of imidazole rings is 1. The Bertz CT molecular complexity index is 897. The Hall–Kier alpha value is -2.79. The van der Waals surface area contributed by atoms with Crippen molar-refractivity contribution in [2.24, 2.45) is 7.05 Å². The fourth-order valence-electron chi connectivity index (χ4n) is 2.23. The van der Waals surface area contributed by atoms with Crippen molar-refractivity contribution in [1.82, 2.24) is 9.55 Å². The highest BCUT2D eigenvalue weighted by Crippen LogP contribution is 2.32. The molecular weight excluding hydrogens is 330 g/mol. The number of carbonyl (C=O) groups is 1. The molecule has 0 saturated heterocycles. The average Bonchev–Trinajstić information content (AvgIpc) is 3.01. The zero-order chi connectivity index (χ0) is 17.6. The molecule has 0 aliphatic rings. The number of aryl methyl sites for hydroxylation is 2. The van der Waals surface area contributed by atoms with Crippen LogP contribution in [0.3, 0.4) is 0 Å². The van der Waals surface area contributed by atoms with Gasteiger partial charge in [0, 0.05) is 30.4 Å². The second-order valence-electron chi connectivity index (χ2n) is 5.65. The number of hydrogen-bond acceptors (Lipinski definition) is 3. The highest BCUT2D eigenvalue weighted by Gasteiger charge is 2.08. The number of rotatable bonds is 5. The molecule has 3 rings (SSSR count). The number of nitrogens with one attached hydrogen (secondary N) is 1. The molecule has 4 nitrogen and oxygen atoms in total. The molecule has 0 aliphatic carbocycles. The van der Waals surface area contributed by atoms with E-state index in [1.165, 1.54) is 17.3 Å². The van der Waals surface area contributed by atoms with Gasteiger partial charge in [-0.05, 0) is 42.5 Å². The fourth-order valence-corrected chi connectivity index (χ4v) is 3.12. The summed E-state index contributed by atoms with van der Waals surface area (Å²) < 4.78 is 1.95. The van der Waals surface area contributed by atoms with Gasteiger partial charge in [0.05, 0.1) is 5.69 Å². The third-order valence-corrected chi connectivity index (χ3v) is 4.78. The Morgan fingerprint density at radius 3 is 2.64 bits per heavy atom. The molecule has 0 aliphatic heterocycles. The lowest BCUT2D eigenvalue weighted by molar-refractivity contribution is -0.111. The quantitative estimate of drug-likeness (QED) is 0.688. The fraction of sp³-hybridized carbons (Fsp3) is 0.100. The maximum Gasteiger partial charge on any atom is 0.248 e. The summed E-state index contributed by atoms with van der Waals surface area (Å²) in [6.45, 7) is 2.04. The van der Waals surface area contributed by atoms with Gasteiger partial charge in [0.2, 0.25) is 5.91 Å². The van der Waals surface area contributed by atoms with Crippen LogP contribution in [0.5, 0.6) is 0 Å². The average molecular weight is 349 g/mol. The van der Waals surface area contributed by atoms with Gasteiger partial charge in [0.25, 0.3) is 0 Å². The van der Waals surface area contributed by atoms with Crippen LogP contribution in [0.1, 0.15) is 11.1 Å². The van der Waals surface area contributed by atoms with Crippen LogP contribution in [0.2, 0.25) is 0 Å². The van der Waals surface area contributed by atoms with Gasteiger partial charge >= 0.3 is 0 Å². The van der Waals surface area contributed by atoms with E-state index in [2.05, 4.69) is 10.3 Å². The predicted octanol–water partition coefficient (Wildman–Crippen LogP) is 4.53. The minimum atomic E-state index is -0.159. The van der Waals surface area contributed by atoms with Crippen LogP contribution < -0.4 is 5.32 Å². The molecule has 0 saturated carbocycles. The van der Waals surface area contributed by atoms with E-state index in [9.17, 15) is 4.79 Å². The first-order valence-corrected chi connectivity index (χ1v) is 8.73. The topological polar surface area (TPSA) is 46.9 Å². The van der Waals surface area contributed by atoms with Crippen LogP contribution in [0.25, 0.3) is 6.08 Å². The van der Waals surface area contributed by atoms with Crippen molar-refractivity contribution in [3.8, 4) is 0 Å². The van der Waals surface area contributed by atoms with Gasteiger partial charge in [0.1, 0.15) is 0 Å². The molecule has 1 aromatic heterocycles. The van der Waals surface area contributed by atoms with Gasteiger partial charge in [-0.3, -0.25) is 4.79 Å². The van der Waals surface area contributed by atoms with E-state index in [-0.39, 0.29) is 5.91 Å². The number of aromatic nitrogens is 2. The molecule has 5 heteroatoms. The Morgan fingerprint density at radius 1 is 1.16 bits per heavy atom. The summed E-state index contributed by atoms with van der Waals surface area (Å²) in [7, 11) is 1.95. The highest BCUT2D eigenvalue weighted by molar-refractivity contribution is 7.99. The van der Waals surface area contributed by atoms with E-state index in [1.807, 2.05) is 79.3 Å². The van der Waals surface area contributed by atoms with Crippen LogP contribution >= 0.6 is 11.8 Å². The summed E-state index contributed by atoms with van der Waals surface area (Å²) in [5.41, 5.74) is 2.97. The number of benzene rings is 2. The molecular formula is C20H19N3OS. The minimum Gasteiger partial charge on any atom is -0.329 e. The maximum absolute atomic E-state index is 12.2. The van der Waals surface area contributed by atoms with E-state index in [0.29, 0.717) is 0 Å². The lowest BCUT2D eigenvalue weighted by Gasteiger charge is -2.09. The van der Waals surface area contributed by atoms with E-state index >= 15 is 0 Å². The minimum absolute atomic E-state index is 0.159. The Balaban J connectivity index is 1.71. The molecule has 1 heterocycles. The molecule has 0 bridgehead atoms. The van der Waals surface area contributed by atoms with Crippen molar-refractivity contribution >= 4 is 29.4 Å². The number of anilines is 1. The summed E-state index contributed by atoms with van der Waals surface area (Å²) in [5, 5.41) is 3.81. The number of hydrogen-bond donors (Lipinski definition) is 1. The first kappa shape index (κ1) is 17.0. The SMILES string of the molecule is Cc1ccc(/C=C/C(=O)Nc2ccccc2Sc2nccn2C)cc1. The molecule has 0 atom stereocenters. The normalized spacial score (nSPS) is 11.0. The van der Waals surface area contributed by atoms with Gasteiger partial charge in [-0.25, -0.2) is 4.98 Å². The molecule has 0 unspecified atom stereocenters. The first-order chi connectivity index (χ1) is 12.1. The van der Waals surface area contributed by atoms with E-state index in [0.717, 1.165) is 21.3 Å². The van der Waals surface area contributed by atoms with Crippen molar-refractivity contribution < 1.29 is 4.79 Å². The molecule has 0 fully saturated rings. The van der Waals surface area contributed by atoms with Crippen LogP contribution in [-0.4, -0.2) is 15.5 Å². The van der Waals surface area contributed by atoms with Gasteiger partial charge in [-0.1, -0.05) is 42.0 Å². The molecule has 0 spiro atoms. The zero-order valence-electron chi connectivity index (χ0n) is 14.1. The Labute approximate surface area is 151 Å². The molecule has 25 heavy (non-hydrogen) atoms. The zero-order valence-corrected chi connectivity index (χ0v) is 15.0. The van der Waals surface area contributed by atoms with Crippen molar-refractivity contribution in [2.75, 3.05) is 5.32 Å². The second-order valence-corrected chi connectivity index (χ2v) is 6.66. The Morgan fingerprint density at radius 2 is 1.92 bits per heavy atom. The summed E-state index contributed by atoms with van der Waals surface area (Å²) in [5.74, 6) is -0.159. The molecule has 0 radical (unpaired) electrons. The summed E-state index contributed by atoms with van der Waals surface area (Å²) >= 11 is 1.52. The number of para-hydroxylation sites is 1. The largest absolute Gasteiger partial charge is 0.329 e. The molecule has 126 valence electrons. The van der Waals surface area contributed by atoms with Crippen LogP contribution in [0, 0.1) is 6.92 Å². The molecule has 1 amide bonds. The van der Waals surface area contributed by atoms with Gasteiger partial charge in [0.15, 0.2) is 5.16 Å². The van der Waals surface area contributed by atoms with Crippen LogP contribution in [0.15, 0.2) is 77.1 Å². The Kier molecular flexibility index (Phi) is 5.36. The maximum atomic E-state index is 12.2. The monoisotopic (exact) mass is 349 g/mol. The second kappa shape index (κ2) is 7.85. The number of carbonyl (C=O) groups excluding carboxylic acids is 1.